The Bertz CT molecular complexity index is 1690. The standard InChI is InChI=1S/C33H34N2O7S2/c1-40-24-13-7-21(8-14-24)20-34-33(37)31-28(22-9-15-25(41-2)16-10-22)29(32(36)23-11-17-26(42-3)18-12-23)30(27-6-5-19-43-27)35(31)44(4,38)39/h5-19,28-31H,20H2,1-4H3,(H,34,37). The number of sulfonamides is 1. The minimum Gasteiger partial charge on any atom is -0.497 e. The molecule has 0 radical (unpaired) electrons. The Kier molecular flexibility index (Phi) is 9.38. The highest BCUT2D eigenvalue weighted by atomic mass is 32.2. The van der Waals surface area contributed by atoms with Gasteiger partial charge in [-0.25, -0.2) is 8.42 Å². The zero-order valence-electron chi connectivity index (χ0n) is 24.8. The van der Waals surface area contributed by atoms with Gasteiger partial charge in [0.15, 0.2) is 5.78 Å². The quantitative estimate of drug-likeness (QED) is 0.230. The minimum absolute atomic E-state index is 0.160. The summed E-state index contributed by atoms with van der Waals surface area (Å²) in [5, 5.41) is 4.79. The maximum absolute atomic E-state index is 14.5. The summed E-state index contributed by atoms with van der Waals surface area (Å²) in [6.07, 6.45) is 1.09. The summed E-state index contributed by atoms with van der Waals surface area (Å²) >= 11 is 1.35. The molecule has 4 unspecified atom stereocenters. The average Bonchev–Trinajstić information content (AvgIpc) is 3.70. The largest absolute Gasteiger partial charge is 0.497 e. The van der Waals surface area contributed by atoms with Gasteiger partial charge in [0.2, 0.25) is 15.9 Å². The first-order valence-corrected chi connectivity index (χ1v) is 16.6. The Morgan fingerprint density at radius 1 is 0.818 bits per heavy atom. The first-order chi connectivity index (χ1) is 21.2. The molecule has 1 amide bonds. The van der Waals surface area contributed by atoms with E-state index in [0.717, 1.165) is 11.8 Å². The zero-order valence-corrected chi connectivity index (χ0v) is 26.4. The van der Waals surface area contributed by atoms with E-state index < -0.39 is 39.8 Å². The smallest absolute Gasteiger partial charge is 0.239 e. The molecule has 1 fully saturated rings. The number of ether oxygens (including phenoxy) is 3. The van der Waals surface area contributed by atoms with E-state index in [0.29, 0.717) is 33.3 Å². The van der Waals surface area contributed by atoms with Crippen LogP contribution in [0.15, 0.2) is 90.3 Å². The molecule has 1 aromatic heterocycles. The van der Waals surface area contributed by atoms with E-state index in [1.54, 1.807) is 82.0 Å². The third-order valence-electron chi connectivity index (χ3n) is 7.91. The molecule has 3 aromatic carbocycles. The van der Waals surface area contributed by atoms with Gasteiger partial charge in [0.25, 0.3) is 0 Å². The molecule has 1 saturated heterocycles. The number of carbonyl (C=O) groups is 2. The van der Waals surface area contributed by atoms with E-state index in [1.165, 1.54) is 15.6 Å². The Hall–Kier alpha value is -4.19. The van der Waals surface area contributed by atoms with Crippen molar-refractivity contribution in [1.82, 2.24) is 9.62 Å². The normalized spacial score (nSPS) is 20.2. The van der Waals surface area contributed by atoms with Gasteiger partial charge >= 0.3 is 0 Å². The molecule has 230 valence electrons. The molecule has 1 N–H and O–H groups in total. The van der Waals surface area contributed by atoms with Crippen molar-refractivity contribution in [2.75, 3.05) is 27.6 Å². The van der Waals surface area contributed by atoms with Crippen molar-refractivity contribution in [3.63, 3.8) is 0 Å². The molecule has 1 aliphatic rings. The number of methoxy groups -OCH3 is 3. The molecule has 4 atom stereocenters. The van der Waals surface area contributed by atoms with Crippen LogP contribution in [0, 0.1) is 5.92 Å². The van der Waals surface area contributed by atoms with Gasteiger partial charge in [-0.05, 0) is 71.1 Å². The fourth-order valence-corrected chi connectivity index (χ4v) is 8.08. The Morgan fingerprint density at radius 2 is 1.36 bits per heavy atom. The van der Waals surface area contributed by atoms with Gasteiger partial charge in [0.05, 0.1) is 39.5 Å². The number of nitrogens with zero attached hydrogens (tertiary/aromatic N) is 1. The molecular formula is C33H34N2O7S2. The first-order valence-electron chi connectivity index (χ1n) is 13.9. The Morgan fingerprint density at radius 3 is 1.86 bits per heavy atom. The zero-order chi connectivity index (χ0) is 31.4. The van der Waals surface area contributed by atoms with Crippen LogP contribution in [-0.2, 0) is 21.4 Å². The van der Waals surface area contributed by atoms with E-state index in [-0.39, 0.29) is 12.3 Å². The third kappa shape index (κ3) is 6.35. The molecule has 0 bridgehead atoms. The van der Waals surface area contributed by atoms with E-state index in [4.69, 9.17) is 14.2 Å². The number of hydrogen-bond acceptors (Lipinski definition) is 8. The number of rotatable bonds is 11. The first kappa shape index (κ1) is 31.2. The summed E-state index contributed by atoms with van der Waals surface area (Å²) < 4.78 is 44.4. The second kappa shape index (κ2) is 13.2. The molecule has 0 saturated carbocycles. The Balaban J connectivity index is 1.65. The number of benzene rings is 3. The number of thiophene rings is 1. The molecule has 44 heavy (non-hydrogen) atoms. The lowest BCUT2D eigenvalue weighted by Crippen LogP contribution is -2.48. The second-order valence-corrected chi connectivity index (χ2v) is 13.3. The third-order valence-corrected chi connectivity index (χ3v) is 10.1. The molecule has 0 aliphatic carbocycles. The highest BCUT2D eigenvalue weighted by Gasteiger charge is 2.59. The van der Waals surface area contributed by atoms with Gasteiger partial charge in [-0.1, -0.05) is 30.3 Å². The summed E-state index contributed by atoms with van der Waals surface area (Å²) in [4.78, 5) is 29.4. The van der Waals surface area contributed by atoms with E-state index in [2.05, 4.69) is 5.32 Å². The van der Waals surface area contributed by atoms with Gasteiger partial charge in [-0.2, -0.15) is 4.31 Å². The van der Waals surface area contributed by atoms with Crippen molar-refractivity contribution < 1.29 is 32.2 Å². The van der Waals surface area contributed by atoms with Gasteiger partial charge in [-0.3, -0.25) is 9.59 Å². The van der Waals surface area contributed by atoms with Crippen molar-refractivity contribution in [1.29, 1.82) is 0 Å². The molecule has 4 aromatic rings. The van der Waals surface area contributed by atoms with Crippen LogP contribution in [0.4, 0.5) is 0 Å². The van der Waals surface area contributed by atoms with Crippen LogP contribution in [0.25, 0.3) is 0 Å². The molecule has 1 aliphatic heterocycles. The van der Waals surface area contributed by atoms with Crippen LogP contribution < -0.4 is 19.5 Å². The van der Waals surface area contributed by atoms with E-state index in [1.807, 2.05) is 29.6 Å². The van der Waals surface area contributed by atoms with Gasteiger partial charge in [-0.15, -0.1) is 11.3 Å². The monoisotopic (exact) mass is 634 g/mol. The number of carbonyl (C=O) groups excluding carboxylic acids is 2. The van der Waals surface area contributed by atoms with Crippen molar-refractivity contribution in [2.24, 2.45) is 5.92 Å². The van der Waals surface area contributed by atoms with Crippen molar-refractivity contribution in [2.45, 2.75) is 24.5 Å². The number of amides is 1. The molecule has 11 heteroatoms. The summed E-state index contributed by atoms with van der Waals surface area (Å²) in [6, 6.07) is 22.5. The SMILES string of the molecule is COc1ccc(CNC(=O)C2C(c3ccc(OC)cc3)C(C(=O)c3ccc(OC)cc3)C(c3cccs3)N2S(C)(=O)=O)cc1. The molecule has 2 heterocycles. The molecular weight excluding hydrogens is 601 g/mol. The maximum atomic E-state index is 14.5. The fourth-order valence-electron chi connectivity index (χ4n) is 5.84. The number of ketones is 1. The highest BCUT2D eigenvalue weighted by Crippen LogP contribution is 2.53. The van der Waals surface area contributed by atoms with Crippen LogP contribution in [0.3, 0.4) is 0 Å². The van der Waals surface area contributed by atoms with Gasteiger partial charge < -0.3 is 19.5 Å². The van der Waals surface area contributed by atoms with E-state index in [9.17, 15) is 18.0 Å². The fraction of sp³-hybridized carbons (Fsp3) is 0.273. The Labute approximate surface area is 261 Å². The lowest BCUT2D eigenvalue weighted by molar-refractivity contribution is -0.125. The van der Waals surface area contributed by atoms with Crippen molar-refractivity contribution >= 4 is 33.1 Å². The summed E-state index contributed by atoms with van der Waals surface area (Å²) in [5.41, 5.74) is 1.85. The maximum Gasteiger partial charge on any atom is 0.239 e. The van der Waals surface area contributed by atoms with Crippen LogP contribution in [-0.4, -0.2) is 58.0 Å². The van der Waals surface area contributed by atoms with Crippen LogP contribution >= 0.6 is 11.3 Å². The van der Waals surface area contributed by atoms with E-state index >= 15 is 0 Å². The average molecular weight is 635 g/mol. The molecule has 5 rings (SSSR count). The van der Waals surface area contributed by atoms with Crippen LogP contribution in [0.5, 0.6) is 17.2 Å². The second-order valence-electron chi connectivity index (χ2n) is 10.5. The summed E-state index contributed by atoms with van der Waals surface area (Å²) in [6.45, 7) is 0.160. The lowest BCUT2D eigenvalue weighted by Gasteiger charge is -2.28. The number of Topliss-reactive ketones (excluding diaryl/α,β-unsaturated/α-hetero) is 1. The topological polar surface area (TPSA) is 111 Å². The highest BCUT2D eigenvalue weighted by molar-refractivity contribution is 7.88. The predicted molar refractivity (Wildman–Crippen MR) is 169 cm³/mol. The van der Waals surface area contributed by atoms with Crippen LogP contribution in [0.1, 0.15) is 38.3 Å². The molecule has 0 spiro atoms. The van der Waals surface area contributed by atoms with Crippen molar-refractivity contribution in [3.8, 4) is 17.2 Å². The van der Waals surface area contributed by atoms with Gasteiger partial charge in [0, 0.05) is 22.9 Å². The minimum atomic E-state index is -4.01. The van der Waals surface area contributed by atoms with Crippen molar-refractivity contribution in [3.05, 3.63) is 112 Å². The summed E-state index contributed by atoms with van der Waals surface area (Å²) in [7, 11) is 0.653. The van der Waals surface area contributed by atoms with Crippen LogP contribution in [0.2, 0.25) is 0 Å². The number of hydrogen-bond donors (Lipinski definition) is 1. The lowest BCUT2D eigenvalue weighted by atomic mass is 9.77. The molecule has 9 nitrogen and oxygen atoms in total. The summed E-state index contributed by atoms with van der Waals surface area (Å²) in [5.74, 6) is -0.639. The predicted octanol–water partition coefficient (Wildman–Crippen LogP) is 5.06. The number of nitrogens with one attached hydrogen (secondary N) is 1. The van der Waals surface area contributed by atoms with Gasteiger partial charge in [0.1, 0.15) is 23.3 Å².